The molecule has 1 atom stereocenters. The van der Waals surface area contributed by atoms with Crippen LogP contribution in [0.1, 0.15) is 31.9 Å². The van der Waals surface area contributed by atoms with E-state index in [4.69, 9.17) is 26.4 Å². The molecule has 2 aromatic carbocycles. The van der Waals surface area contributed by atoms with Crippen LogP contribution >= 0.6 is 12.2 Å². The van der Waals surface area contributed by atoms with Gasteiger partial charge in [0.2, 0.25) is 0 Å². The summed E-state index contributed by atoms with van der Waals surface area (Å²) in [6.45, 7) is 4.15. The highest BCUT2D eigenvalue weighted by molar-refractivity contribution is 7.80. The van der Waals surface area contributed by atoms with Gasteiger partial charge in [-0.25, -0.2) is 0 Å². The molecule has 0 spiro atoms. The van der Waals surface area contributed by atoms with Gasteiger partial charge in [-0.05, 0) is 62.5 Å². The molecule has 7 heteroatoms. The van der Waals surface area contributed by atoms with Gasteiger partial charge < -0.3 is 24.8 Å². The molecule has 30 heavy (non-hydrogen) atoms. The van der Waals surface area contributed by atoms with E-state index in [0.717, 1.165) is 45.8 Å². The topological polar surface area (TPSA) is 64.6 Å². The zero-order chi connectivity index (χ0) is 21.3. The molecule has 6 nitrogen and oxygen atoms in total. The Labute approximate surface area is 181 Å². The lowest BCUT2D eigenvalue weighted by Crippen LogP contribution is -2.42. The summed E-state index contributed by atoms with van der Waals surface area (Å²) >= 11 is 5.65. The summed E-state index contributed by atoms with van der Waals surface area (Å²) in [6.07, 6.45) is 2.53. The van der Waals surface area contributed by atoms with Crippen LogP contribution in [0.3, 0.4) is 0 Å². The van der Waals surface area contributed by atoms with Crippen molar-refractivity contribution in [1.82, 2.24) is 10.3 Å². The minimum absolute atomic E-state index is 0.0114. The van der Waals surface area contributed by atoms with Crippen LogP contribution in [0.25, 0.3) is 10.9 Å². The van der Waals surface area contributed by atoms with Gasteiger partial charge in [0.15, 0.2) is 5.11 Å². The third-order valence-corrected chi connectivity index (χ3v) is 5.40. The fourth-order valence-electron chi connectivity index (χ4n) is 3.82. The Morgan fingerprint density at radius 2 is 2.00 bits per heavy atom. The van der Waals surface area contributed by atoms with Crippen molar-refractivity contribution in [2.24, 2.45) is 0 Å². The average Bonchev–Trinajstić information content (AvgIpc) is 2.72. The number of aromatic nitrogens is 1. The third kappa shape index (κ3) is 3.98. The molecule has 0 saturated carbocycles. The van der Waals surface area contributed by atoms with Gasteiger partial charge in [0, 0.05) is 35.3 Å². The first-order valence-electron chi connectivity index (χ1n) is 9.76. The molecule has 0 bridgehead atoms. The Balaban J connectivity index is 1.59. The molecule has 2 heterocycles. The molecule has 0 saturated heterocycles. The van der Waals surface area contributed by atoms with Gasteiger partial charge in [-0.15, -0.1) is 0 Å². The molecule has 156 valence electrons. The molecule has 0 amide bonds. The van der Waals surface area contributed by atoms with E-state index in [-0.39, 0.29) is 11.6 Å². The van der Waals surface area contributed by atoms with Crippen LogP contribution in [0.4, 0.5) is 5.69 Å². The summed E-state index contributed by atoms with van der Waals surface area (Å²) in [7, 11) is 3.29. The highest BCUT2D eigenvalue weighted by atomic mass is 32.1. The number of thiocarbonyl (C=S) groups is 1. The lowest BCUT2D eigenvalue weighted by molar-refractivity contribution is 0.0693. The van der Waals surface area contributed by atoms with Gasteiger partial charge in [-0.1, -0.05) is 0 Å². The number of benzene rings is 2. The number of ether oxygens (including phenoxy) is 3. The molecular weight excluding hydrogens is 398 g/mol. The maximum absolute atomic E-state index is 6.17. The van der Waals surface area contributed by atoms with Crippen molar-refractivity contribution in [2.45, 2.75) is 31.9 Å². The monoisotopic (exact) mass is 423 g/mol. The van der Waals surface area contributed by atoms with E-state index in [2.05, 4.69) is 29.5 Å². The number of hydrogen-bond donors (Lipinski definition) is 2. The van der Waals surface area contributed by atoms with E-state index in [9.17, 15) is 0 Å². The minimum atomic E-state index is -0.330. The van der Waals surface area contributed by atoms with Crippen LogP contribution in [-0.2, 0) is 0 Å². The SMILES string of the molecule is COc1ccc2c(c1)OC(C)(C)C[C@@H]2NC(=S)Nc1ccc(OC)c2ncccc12. The average molecular weight is 424 g/mol. The van der Waals surface area contributed by atoms with E-state index >= 15 is 0 Å². The van der Waals surface area contributed by atoms with Crippen molar-refractivity contribution < 1.29 is 14.2 Å². The number of anilines is 1. The fourth-order valence-corrected chi connectivity index (χ4v) is 4.08. The minimum Gasteiger partial charge on any atom is -0.497 e. The first-order valence-corrected chi connectivity index (χ1v) is 10.2. The molecule has 1 aliphatic heterocycles. The largest absolute Gasteiger partial charge is 0.497 e. The highest BCUT2D eigenvalue weighted by Gasteiger charge is 2.34. The summed E-state index contributed by atoms with van der Waals surface area (Å²) < 4.78 is 16.9. The first kappa shape index (κ1) is 20.2. The molecule has 0 aliphatic carbocycles. The number of rotatable bonds is 4. The van der Waals surface area contributed by atoms with Crippen molar-refractivity contribution in [1.29, 1.82) is 0 Å². The number of nitrogens with zero attached hydrogens (tertiary/aromatic N) is 1. The van der Waals surface area contributed by atoms with Gasteiger partial charge in [-0.3, -0.25) is 4.98 Å². The van der Waals surface area contributed by atoms with Crippen molar-refractivity contribution in [3.8, 4) is 17.2 Å². The summed E-state index contributed by atoms with van der Waals surface area (Å²) in [5, 5.41) is 8.26. The Kier molecular flexibility index (Phi) is 5.39. The second kappa shape index (κ2) is 7.99. The van der Waals surface area contributed by atoms with Crippen LogP contribution in [0.15, 0.2) is 48.7 Å². The van der Waals surface area contributed by atoms with Crippen molar-refractivity contribution >= 4 is 33.9 Å². The number of methoxy groups -OCH3 is 2. The van der Waals surface area contributed by atoms with Gasteiger partial charge in [0.25, 0.3) is 0 Å². The summed E-state index contributed by atoms with van der Waals surface area (Å²) in [4.78, 5) is 4.44. The second-order valence-electron chi connectivity index (χ2n) is 7.84. The van der Waals surface area contributed by atoms with Gasteiger partial charge in [0.05, 0.1) is 20.3 Å². The summed E-state index contributed by atoms with van der Waals surface area (Å²) in [6, 6.07) is 13.6. The van der Waals surface area contributed by atoms with E-state index in [0.29, 0.717) is 5.11 Å². The van der Waals surface area contributed by atoms with Crippen molar-refractivity contribution in [2.75, 3.05) is 19.5 Å². The molecule has 1 aromatic heterocycles. The number of hydrogen-bond acceptors (Lipinski definition) is 5. The molecule has 1 aliphatic rings. The zero-order valence-electron chi connectivity index (χ0n) is 17.5. The Morgan fingerprint density at radius 1 is 1.17 bits per heavy atom. The van der Waals surface area contributed by atoms with Crippen LogP contribution < -0.4 is 24.8 Å². The smallest absolute Gasteiger partial charge is 0.171 e. The predicted octanol–water partition coefficient (Wildman–Crippen LogP) is 4.84. The first-order chi connectivity index (χ1) is 14.4. The Hall–Kier alpha value is -3.06. The maximum Gasteiger partial charge on any atom is 0.171 e. The summed E-state index contributed by atoms with van der Waals surface area (Å²) in [5.74, 6) is 2.30. The third-order valence-electron chi connectivity index (χ3n) is 5.18. The molecule has 2 N–H and O–H groups in total. The standard InChI is InChI=1S/C23H25N3O3S/c1-23(2)13-18(15-8-7-14(27-3)12-20(15)29-23)26-22(30)25-17-9-10-19(28-4)21-16(17)6-5-11-24-21/h5-12,18H,13H2,1-4H3,(H2,25,26,30)/t18-/m0/s1. The fraction of sp³-hybridized carbons (Fsp3) is 0.304. The van der Waals surface area contributed by atoms with Gasteiger partial charge in [0.1, 0.15) is 28.4 Å². The van der Waals surface area contributed by atoms with Crippen LogP contribution in [0.5, 0.6) is 17.2 Å². The van der Waals surface area contributed by atoms with Crippen LogP contribution in [0.2, 0.25) is 0 Å². The van der Waals surface area contributed by atoms with E-state index in [1.165, 1.54) is 0 Å². The van der Waals surface area contributed by atoms with Gasteiger partial charge in [-0.2, -0.15) is 0 Å². The molecule has 0 radical (unpaired) electrons. The normalized spacial score (nSPS) is 16.9. The quantitative estimate of drug-likeness (QED) is 0.582. The molecule has 3 aromatic rings. The van der Waals surface area contributed by atoms with Crippen LogP contribution in [-0.4, -0.2) is 29.9 Å². The lowest BCUT2D eigenvalue weighted by atomic mass is 9.89. The number of nitrogens with one attached hydrogen (secondary N) is 2. The van der Waals surface area contributed by atoms with E-state index in [1.807, 2.05) is 42.5 Å². The lowest BCUT2D eigenvalue weighted by Gasteiger charge is -2.38. The summed E-state index contributed by atoms with van der Waals surface area (Å²) in [5.41, 5.74) is 2.39. The van der Waals surface area contributed by atoms with Gasteiger partial charge >= 0.3 is 0 Å². The van der Waals surface area contributed by atoms with Crippen molar-refractivity contribution in [3.63, 3.8) is 0 Å². The van der Waals surface area contributed by atoms with E-state index < -0.39 is 0 Å². The molecular formula is C23H25N3O3S. The number of pyridine rings is 1. The second-order valence-corrected chi connectivity index (χ2v) is 8.24. The zero-order valence-corrected chi connectivity index (χ0v) is 18.3. The highest BCUT2D eigenvalue weighted by Crippen LogP contribution is 2.41. The number of fused-ring (bicyclic) bond motifs is 2. The molecule has 4 rings (SSSR count). The van der Waals surface area contributed by atoms with Crippen LogP contribution in [0, 0.1) is 0 Å². The predicted molar refractivity (Wildman–Crippen MR) is 123 cm³/mol. The van der Waals surface area contributed by atoms with E-state index in [1.54, 1.807) is 20.4 Å². The molecule has 0 fully saturated rings. The van der Waals surface area contributed by atoms with Crippen molar-refractivity contribution in [3.05, 3.63) is 54.2 Å². The Morgan fingerprint density at radius 3 is 2.77 bits per heavy atom. The molecule has 0 unspecified atom stereocenters. The maximum atomic E-state index is 6.17. The Bertz CT molecular complexity index is 1100.